The first-order chi connectivity index (χ1) is 12.3. The number of aromatic carboxylic acids is 1. The summed E-state index contributed by atoms with van der Waals surface area (Å²) in [5, 5.41) is 20.7. The fraction of sp³-hybridized carbons (Fsp3) is 0.591. The van der Waals surface area contributed by atoms with E-state index in [0.29, 0.717) is 23.3 Å². The lowest BCUT2D eigenvalue weighted by Crippen LogP contribution is -2.46. The van der Waals surface area contributed by atoms with Gasteiger partial charge in [-0.2, -0.15) is 0 Å². The molecule has 2 N–H and O–H groups in total. The van der Waals surface area contributed by atoms with E-state index in [-0.39, 0.29) is 23.1 Å². The Morgan fingerprint density at radius 2 is 2.08 bits per heavy atom. The van der Waals surface area contributed by atoms with Crippen LogP contribution in [-0.2, 0) is 6.42 Å². The monoisotopic (exact) mass is 358 g/mol. The second-order valence-electron chi connectivity index (χ2n) is 8.34. The van der Waals surface area contributed by atoms with E-state index in [1.54, 1.807) is 6.07 Å². The van der Waals surface area contributed by atoms with Gasteiger partial charge in [0.25, 0.3) is 0 Å². The quantitative estimate of drug-likeness (QED) is 0.544. The predicted molar refractivity (Wildman–Crippen MR) is 102 cm³/mol. The first kappa shape index (κ1) is 18.8. The van der Waals surface area contributed by atoms with Crippen LogP contribution in [0.25, 0.3) is 0 Å². The van der Waals surface area contributed by atoms with Crippen molar-refractivity contribution in [3.8, 4) is 11.5 Å². The van der Waals surface area contributed by atoms with Crippen molar-refractivity contribution in [2.24, 2.45) is 5.92 Å². The number of rotatable bonds is 5. The van der Waals surface area contributed by atoms with Gasteiger partial charge in [0.05, 0.1) is 0 Å². The molecule has 3 rings (SSSR count). The van der Waals surface area contributed by atoms with Crippen molar-refractivity contribution in [3.05, 3.63) is 34.4 Å². The normalized spacial score (nSPS) is 23.5. The molecule has 142 valence electrons. The maximum atomic E-state index is 12.1. The Morgan fingerprint density at radius 3 is 2.73 bits per heavy atom. The molecule has 4 heteroatoms. The van der Waals surface area contributed by atoms with E-state index in [4.69, 9.17) is 4.74 Å². The number of phenolic OH excluding ortho intramolecular Hbond substituents is 1. The molecule has 4 nitrogen and oxygen atoms in total. The van der Waals surface area contributed by atoms with Crippen molar-refractivity contribution in [1.82, 2.24) is 0 Å². The second kappa shape index (κ2) is 6.98. The van der Waals surface area contributed by atoms with Crippen LogP contribution in [-0.4, -0.2) is 21.8 Å². The largest absolute Gasteiger partial charge is 0.508 e. The zero-order valence-electron chi connectivity index (χ0n) is 16.3. The highest BCUT2D eigenvalue weighted by atomic mass is 16.5. The lowest BCUT2D eigenvalue weighted by molar-refractivity contribution is 0.00606. The van der Waals surface area contributed by atoms with E-state index in [1.807, 2.05) is 13.8 Å². The Bertz CT molecular complexity index is 745. The summed E-state index contributed by atoms with van der Waals surface area (Å²) >= 11 is 0. The minimum Gasteiger partial charge on any atom is -0.508 e. The van der Waals surface area contributed by atoms with Crippen LogP contribution in [0, 0.1) is 5.92 Å². The van der Waals surface area contributed by atoms with Gasteiger partial charge in [-0.05, 0) is 58.1 Å². The average Bonchev–Trinajstić information content (AvgIpc) is 2.53. The minimum absolute atomic E-state index is 0.0986. The smallest absolute Gasteiger partial charge is 0.339 e. The Hall–Kier alpha value is -1.97. The molecule has 1 aliphatic heterocycles. The van der Waals surface area contributed by atoms with Crippen molar-refractivity contribution in [3.63, 3.8) is 0 Å². The minimum atomic E-state index is -0.968. The van der Waals surface area contributed by atoms with E-state index >= 15 is 0 Å². The van der Waals surface area contributed by atoms with Gasteiger partial charge in [0.2, 0.25) is 0 Å². The summed E-state index contributed by atoms with van der Waals surface area (Å²) in [6.07, 6.45) is 7.64. The van der Waals surface area contributed by atoms with Gasteiger partial charge >= 0.3 is 5.97 Å². The number of unbranched alkanes of at least 4 members (excludes halogenated alkanes) is 2. The van der Waals surface area contributed by atoms with Crippen LogP contribution in [0.5, 0.6) is 11.5 Å². The van der Waals surface area contributed by atoms with E-state index in [0.717, 1.165) is 32.1 Å². The molecule has 1 heterocycles. The summed E-state index contributed by atoms with van der Waals surface area (Å²) < 4.78 is 6.27. The Kier molecular flexibility index (Phi) is 5.05. The number of carbonyl (C=O) groups is 1. The maximum absolute atomic E-state index is 12.1. The topological polar surface area (TPSA) is 66.8 Å². The standard InChI is InChI=1S/C22H30O4/c1-5-6-7-8-14-12-17(23)19-15-11-13(2)9-10-16(15)22(3,4)26-20(19)18(14)21(24)25/h9,12,15-16,23H,5-8,10-11H2,1-4H3,(H,24,25)/t15-,16-/m1/s1. The van der Waals surface area contributed by atoms with Crippen molar-refractivity contribution >= 4 is 5.97 Å². The van der Waals surface area contributed by atoms with E-state index in [2.05, 4.69) is 19.9 Å². The summed E-state index contributed by atoms with van der Waals surface area (Å²) in [4.78, 5) is 12.1. The molecule has 0 unspecified atom stereocenters. The molecule has 2 aliphatic rings. The fourth-order valence-corrected chi connectivity index (χ4v) is 4.65. The summed E-state index contributed by atoms with van der Waals surface area (Å²) in [7, 11) is 0. The number of allylic oxidation sites excluding steroid dienone is 2. The van der Waals surface area contributed by atoms with Crippen LogP contribution >= 0.6 is 0 Å². The zero-order valence-corrected chi connectivity index (χ0v) is 16.3. The Morgan fingerprint density at radius 1 is 1.35 bits per heavy atom. The third kappa shape index (κ3) is 3.22. The maximum Gasteiger partial charge on any atom is 0.339 e. The van der Waals surface area contributed by atoms with Gasteiger partial charge in [0.15, 0.2) is 0 Å². The third-order valence-corrected chi connectivity index (χ3v) is 6.02. The molecular weight excluding hydrogens is 328 g/mol. The number of fused-ring (bicyclic) bond motifs is 3. The number of aromatic hydroxyl groups is 1. The van der Waals surface area contributed by atoms with Gasteiger partial charge in [-0.15, -0.1) is 0 Å². The highest BCUT2D eigenvalue weighted by Crippen LogP contribution is 2.55. The molecule has 1 aromatic carbocycles. The van der Waals surface area contributed by atoms with Gasteiger partial charge in [-0.25, -0.2) is 4.79 Å². The summed E-state index contributed by atoms with van der Waals surface area (Å²) in [6.45, 7) is 8.29. The van der Waals surface area contributed by atoms with Crippen LogP contribution in [0.15, 0.2) is 17.7 Å². The molecule has 1 aliphatic carbocycles. The number of carboxylic acids is 1. The van der Waals surface area contributed by atoms with Gasteiger partial charge < -0.3 is 14.9 Å². The molecule has 0 amide bonds. The zero-order chi connectivity index (χ0) is 19.1. The van der Waals surface area contributed by atoms with Crippen molar-refractivity contribution < 1.29 is 19.7 Å². The summed E-state index contributed by atoms with van der Waals surface area (Å²) in [6, 6.07) is 1.67. The highest BCUT2D eigenvalue weighted by molar-refractivity contribution is 5.94. The van der Waals surface area contributed by atoms with Gasteiger partial charge in [-0.1, -0.05) is 31.4 Å². The predicted octanol–water partition coefficient (Wildman–Crippen LogP) is 5.43. The van der Waals surface area contributed by atoms with E-state index in [9.17, 15) is 15.0 Å². The van der Waals surface area contributed by atoms with Gasteiger partial charge in [0, 0.05) is 17.4 Å². The average molecular weight is 358 g/mol. The second-order valence-corrected chi connectivity index (χ2v) is 8.34. The highest BCUT2D eigenvalue weighted by Gasteiger charge is 2.47. The molecule has 1 aromatic rings. The van der Waals surface area contributed by atoms with Gasteiger partial charge in [-0.3, -0.25) is 0 Å². The number of aryl methyl sites for hydroxylation is 1. The molecule has 0 bridgehead atoms. The Labute approximate surface area is 155 Å². The van der Waals surface area contributed by atoms with Crippen LogP contribution in [0.4, 0.5) is 0 Å². The van der Waals surface area contributed by atoms with Crippen molar-refractivity contribution in [2.45, 2.75) is 77.7 Å². The molecule has 2 atom stereocenters. The molecular formula is C22H30O4. The fourth-order valence-electron chi connectivity index (χ4n) is 4.65. The molecule has 0 radical (unpaired) electrons. The lowest BCUT2D eigenvalue weighted by atomic mass is 9.66. The number of hydrogen-bond acceptors (Lipinski definition) is 3. The molecule has 0 fully saturated rings. The van der Waals surface area contributed by atoms with Crippen molar-refractivity contribution in [2.75, 3.05) is 0 Å². The van der Waals surface area contributed by atoms with Crippen LogP contribution in [0.2, 0.25) is 0 Å². The summed E-state index contributed by atoms with van der Waals surface area (Å²) in [5.41, 5.74) is 2.44. The summed E-state index contributed by atoms with van der Waals surface area (Å²) in [5.74, 6) is -0.0505. The molecule has 0 spiro atoms. The number of benzene rings is 1. The molecule has 26 heavy (non-hydrogen) atoms. The number of carboxylic acid groups (broad SMARTS) is 1. The third-order valence-electron chi connectivity index (χ3n) is 6.02. The first-order valence-corrected chi connectivity index (χ1v) is 9.73. The first-order valence-electron chi connectivity index (χ1n) is 9.73. The van der Waals surface area contributed by atoms with Crippen LogP contribution in [0.3, 0.4) is 0 Å². The number of phenols is 1. The van der Waals surface area contributed by atoms with E-state index < -0.39 is 11.6 Å². The van der Waals surface area contributed by atoms with E-state index in [1.165, 1.54) is 5.57 Å². The number of ether oxygens (including phenoxy) is 1. The van der Waals surface area contributed by atoms with Crippen molar-refractivity contribution in [1.29, 1.82) is 0 Å². The molecule has 0 aromatic heterocycles. The molecule has 0 saturated carbocycles. The van der Waals surface area contributed by atoms with Crippen LogP contribution < -0.4 is 4.74 Å². The van der Waals surface area contributed by atoms with Gasteiger partial charge in [0.1, 0.15) is 22.7 Å². The molecule has 0 saturated heterocycles. The SMILES string of the molecule is CCCCCc1cc(O)c2c(c1C(=O)O)OC(C)(C)[C@@H]1CC=C(C)C[C@@H]21. The Balaban J connectivity index is 2.15. The van der Waals surface area contributed by atoms with Crippen LogP contribution in [0.1, 0.15) is 87.2 Å². The number of hydrogen-bond donors (Lipinski definition) is 2. The lowest BCUT2D eigenvalue weighted by Gasteiger charge is -2.47.